The molecule has 22 heavy (non-hydrogen) atoms. The van der Waals surface area contributed by atoms with Gasteiger partial charge in [0.25, 0.3) is 0 Å². The monoisotopic (exact) mass is 300 g/mol. The third-order valence-corrected chi connectivity index (χ3v) is 4.81. The third-order valence-electron chi connectivity index (χ3n) is 4.81. The van der Waals surface area contributed by atoms with Crippen LogP contribution in [0.4, 0.5) is 5.69 Å². The Kier molecular flexibility index (Phi) is 4.76. The molecule has 2 aliphatic rings. The Morgan fingerprint density at radius 2 is 1.86 bits per heavy atom. The second kappa shape index (κ2) is 6.95. The molecule has 1 aliphatic heterocycles. The molecule has 1 aliphatic carbocycles. The number of carbonyl (C=O) groups excluding carboxylic acids is 2. The molecule has 1 atom stereocenters. The summed E-state index contributed by atoms with van der Waals surface area (Å²) in [5, 5.41) is 3.07. The van der Waals surface area contributed by atoms with Crippen molar-refractivity contribution in [2.45, 2.75) is 38.5 Å². The molecule has 1 saturated carbocycles. The fraction of sp³-hybridized carbons (Fsp3) is 0.556. The Hall–Kier alpha value is -1.84. The number of benzene rings is 1. The van der Waals surface area contributed by atoms with Crippen LogP contribution in [0.3, 0.4) is 0 Å². The maximum Gasteiger partial charge on any atom is 0.227 e. The first kappa shape index (κ1) is 15.1. The lowest BCUT2D eigenvalue weighted by molar-refractivity contribution is -0.126. The Bertz CT molecular complexity index is 523. The van der Waals surface area contributed by atoms with Crippen LogP contribution in [0.25, 0.3) is 0 Å². The molecule has 3 rings (SSSR count). The molecule has 0 bridgehead atoms. The fourth-order valence-electron chi connectivity index (χ4n) is 3.53. The lowest BCUT2D eigenvalue weighted by atomic mass is 9.88. The van der Waals surface area contributed by atoms with E-state index in [-0.39, 0.29) is 23.7 Å². The molecule has 1 heterocycles. The van der Waals surface area contributed by atoms with Crippen LogP contribution >= 0.6 is 0 Å². The normalized spacial score (nSPS) is 22.8. The van der Waals surface area contributed by atoms with Gasteiger partial charge in [0, 0.05) is 37.0 Å². The SMILES string of the molecule is O=C(NC[C@@H]1CC(=O)N(c2ccccc2)C1)C1CCCCC1. The largest absolute Gasteiger partial charge is 0.356 e. The molecule has 1 aromatic rings. The van der Waals surface area contributed by atoms with Gasteiger partial charge in [-0.15, -0.1) is 0 Å². The highest BCUT2D eigenvalue weighted by atomic mass is 16.2. The summed E-state index contributed by atoms with van der Waals surface area (Å²) >= 11 is 0. The van der Waals surface area contributed by atoms with Crippen LogP contribution in [0, 0.1) is 11.8 Å². The maximum absolute atomic E-state index is 12.2. The molecule has 118 valence electrons. The lowest BCUT2D eigenvalue weighted by Gasteiger charge is -2.22. The predicted molar refractivity (Wildman–Crippen MR) is 86.5 cm³/mol. The van der Waals surface area contributed by atoms with Gasteiger partial charge in [-0.25, -0.2) is 0 Å². The number of para-hydroxylation sites is 1. The highest BCUT2D eigenvalue weighted by Crippen LogP contribution is 2.26. The van der Waals surface area contributed by atoms with Gasteiger partial charge in [-0.3, -0.25) is 9.59 Å². The molecule has 2 fully saturated rings. The van der Waals surface area contributed by atoms with E-state index in [9.17, 15) is 9.59 Å². The number of carbonyl (C=O) groups is 2. The molecule has 0 unspecified atom stereocenters. The van der Waals surface area contributed by atoms with Gasteiger partial charge in [0.15, 0.2) is 0 Å². The Labute approximate surface area is 131 Å². The second-order valence-corrected chi connectivity index (χ2v) is 6.49. The average Bonchev–Trinajstić information content (AvgIpc) is 2.95. The minimum atomic E-state index is 0.156. The first-order valence-electron chi connectivity index (χ1n) is 8.37. The summed E-state index contributed by atoms with van der Waals surface area (Å²) in [6.45, 7) is 1.32. The maximum atomic E-state index is 12.2. The van der Waals surface area contributed by atoms with E-state index in [1.165, 1.54) is 19.3 Å². The van der Waals surface area contributed by atoms with E-state index in [4.69, 9.17) is 0 Å². The van der Waals surface area contributed by atoms with Crippen molar-refractivity contribution < 1.29 is 9.59 Å². The highest BCUT2D eigenvalue weighted by molar-refractivity contribution is 5.95. The van der Waals surface area contributed by atoms with E-state index in [1.54, 1.807) is 0 Å². The zero-order valence-electron chi connectivity index (χ0n) is 13.0. The van der Waals surface area contributed by atoms with Crippen molar-refractivity contribution in [2.75, 3.05) is 18.0 Å². The van der Waals surface area contributed by atoms with E-state index < -0.39 is 0 Å². The molecule has 0 spiro atoms. The van der Waals surface area contributed by atoms with Gasteiger partial charge < -0.3 is 10.2 Å². The van der Waals surface area contributed by atoms with Gasteiger partial charge in [-0.2, -0.15) is 0 Å². The van der Waals surface area contributed by atoms with Crippen LogP contribution in [0.15, 0.2) is 30.3 Å². The molecule has 0 aromatic heterocycles. The minimum absolute atomic E-state index is 0.156. The number of hydrogen-bond donors (Lipinski definition) is 1. The van der Waals surface area contributed by atoms with Crippen molar-refractivity contribution in [1.82, 2.24) is 5.32 Å². The Balaban J connectivity index is 1.50. The van der Waals surface area contributed by atoms with Gasteiger partial charge in [-0.05, 0) is 25.0 Å². The van der Waals surface area contributed by atoms with Gasteiger partial charge in [-0.1, -0.05) is 37.5 Å². The van der Waals surface area contributed by atoms with Gasteiger partial charge >= 0.3 is 0 Å². The van der Waals surface area contributed by atoms with E-state index >= 15 is 0 Å². The number of rotatable bonds is 4. The Morgan fingerprint density at radius 1 is 1.14 bits per heavy atom. The average molecular weight is 300 g/mol. The van der Waals surface area contributed by atoms with Gasteiger partial charge in [0.05, 0.1) is 0 Å². The molecular weight excluding hydrogens is 276 g/mol. The highest BCUT2D eigenvalue weighted by Gasteiger charge is 2.31. The molecule has 1 aromatic carbocycles. The van der Waals surface area contributed by atoms with E-state index in [0.29, 0.717) is 19.5 Å². The van der Waals surface area contributed by atoms with Crippen LogP contribution in [-0.4, -0.2) is 24.9 Å². The number of nitrogens with zero attached hydrogens (tertiary/aromatic N) is 1. The summed E-state index contributed by atoms with van der Waals surface area (Å²) in [4.78, 5) is 26.2. The summed E-state index contributed by atoms with van der Waals surface area (Å²) in [5.41, 5.74) is 0.952. The quantitative estimate of drug-likeness (QED) is 0.929. The first-order chi connectivity index (χ1) is 10.7. The molecule has 4 nitrogen and oxygen atoms in total. The smallest absolute Gasteiger partial charge is 0.227 e. The van der Waals surface area contributed by atoms with Gasteiger partial charge in [0.1, 0.15) is 0 Å². The first-order valence-corrected chi connectivity index (χ1v) is 8.37. The lowest BCUT2D eigenvalue weighted by Crippen LogP contribution is -2.36. The van der Waals surface area contributed by atoms with Crippen LogP contribution in [0.2, 0.25) is 0 Å². The van der Waals surface area contributed by atoms with Crippen molar-refractivity contribution in [3.05, 3.63) is 30.3 Å². The minimum Gasteiger partial charge on any atom is -0.356 e. The zero-order chi connectivity index (χ0) is 15.4. The number of anilines is 1. The van der Waals surface area contributed by atoms with E-state index in [0.717, 1.165) is 18.5 Å². The summed E-state index contributed by atoms with van der Waals surface area (Å²) in [7, 11) is 0. The molecular formula is C18H24N2O2. The molecule has 4 heteroatoms. The van der Waals surface area contributed by atoms with Gasteiger partial charge in [0.2, 0.25) is 11.8 Å². The summed E-state index contributed by atoms with van der Waals surface area (Å²) in [5.74, 6) is 0.754. The number of amides is 2. The van der Waals surface area contributed by atoms with Crippen molar-refractivity contribution >= 4 is 17.5 Å². The van der Waals surface area contributed by atoms with Crippen molar-refractivity contribution in [3.63, 3.8) is 0 Å². The summed E-state index contributed by atoms with van der Waals surface area (Å²) in [6.07, 6.45) is 6.16. The fourth-order valence-corrected chi connectivity index (χ4v) is 3.53. The third kappa shape index (κ3) is 3.49. The standard InChI is InChI=1S/C18H24N2O2/c21-17-11-14(13-20(17)16-9-5-2-6-10-16)12-19-18(22)15-7-3-1-4-8-15/h2,5-6,9-10,14-15H,1,3-4,7-8,11-13H2,(H,19,22)/t14-/m0/s1. The second-order valence-electron chi connectivity index (χ2n) is 6.49. The molecule has 1 N–H and O–H groups in total. The molecule has 1 saturated heterocycles. The van der Waals surface area contributed by atoms with Crippen LogP contribution in [0.5, 0.6) is 0 Å². The van der Waals surface area contributed by atoms with E-state index in [1.807, 2.05) is 35.2 Å². The number of hydrogen-bond acceptors (Lipinski definition) is 2. The number of nitrogens with one attached hydrogen (secondary N) is 1. The van der Waals surface area contributed by atoms with E-state index in [2.05, 4.69) is 5.32 Å². The van der Waals surface area contributed by atoms with Crippen LogP contribution in [0.1, 0.15) is 38.5 Å². The zero-order valence-corrected chi connectivity index (χ0v) is 13.0. The summed E-state index contributed by atoms with van der Waals surface area (Å²) < 4.78 is 0. The van der Waals surface area contributed by atoms with Crippen molar-refractivity contribution in [1.29, 1.82) is 0 Å². The molecule has 0 radical (unpaired) electrons. The molecule has 2 amide bonds. The van der Waals surface area contributed by atoms with Crippen molar-refractivity contribution in [3.8, 4) is 0 Å². The summed E-state index contributed by atoms with van der Waals surface area (Å²) in [6, 6.07) is 9.76. The Morgan fingerprint density at radius 3 is 2.59 bits per heavy atom. The van der Waals surface area contributed by atoms with Crippen LogP contribution in [-0.2, 0) is 9.59 Å². The predicted octanol–water partition coefficient (Wildman–Crippen LogP) is 2.74. The van der Waals surface area contributed by atoms with Crippen molar-refractivity contribution in [2.24, 2.45) is 11.8 Å². The van der Waals surface area contributed by atoms with Crippen LogP contribution < -0.4 is 10.2 Å². The topological polar surface area (TPSA) is 49.4 Å².